The zero-order valence-electron chi connectivity index (χ0n) is 14.8. The number of nitrogens with zero attached hydrogens (tertiary/aromatic N) is 2. The Kier molecular flexibility index (Phi) is 4.77. The lowest BCUT2D eigenvalue weighted by molar-refractivity contribution is -0.115. The van der Waals surface area contributed by atoms with Gasteiger partial charge in [-0.1, -0.05) is 41.7 Å². The van der Waals surface area contributed by atoms with Gasteiger partial charge in [0.1, 0.15) is 11.5 Å². The number of hydrogen-bond donors (Lipinski definition) is 3. The first-order chi connectivity index (χ1) is 13.7. The van der Waals surface area contributed by atoms with Crippen molar-refractivity contribution in [3.63, 3.8) is 0 Å². The SMILES string of the molecule is COc1ccccc1Nc1nc2c(s1)C=NNC(=O)/C2=C\c1ccccc1O. The highest BCUT2D eigenvalue weighted by Crippen LogP contribution is 2.34. The summed E-state index contributed by atoms with van der Waals surface area (Å²) in [4.78, 5) is 17.8. The van der Waals surface area contributed by atoms with Crippen molar-refractivity contribution in [2.24, 2.45) is 5.10 Å². The highest BCUT2D eigenvalue weighted by atomic mass is 32.1. The van der Waals surface area contributed by atoms with Crippen LogP contribution in [0.2, 0.25) is 0 Å². The van der Waals surface area contributed by atoms with E-state index in [-0.39, 0.29) is 5.75 Å². The van der Waals surface area contributed by atoms with Crippen molar-refractivity contribution in [2.45, 2.75) is 0 Å². The number of carbonyl (C=O) groups excluding carboxylic acids is 1. The van der Waals surface area contributed by atoms with Crippen LogP contribution >= 0.6 is 11.3 Å². The van der Waals surface area contributed by atoms with Crippen molar-refractivity contribution in [2.75, 3.05) is 12.4 Å². The van der Waals surface area contributed by atoms with Gasteiger partial charge in [-0.15, -0.1) is 0 Å². The molecule has 0 unspecified atom stereocenters. The molecule has 0 radical (unpaired) electrons. The molecule has 140 valence electrons. The first-order valence-electron chi connectivity index (χ1n) is 8.40. The second-order valence-electron chi connectivity index (χ2n) is 5.87. The van der Waals surface area contributed by atoms with Gasteiger partial charge in [-0.2, -0.15) is 5.10 Å². The predicted molar refractivity (Wildman–Crippen MR) is 110 cm³/mol. The van der Waals surface area contributed by atoms with E-state index in [2.05, 4.69) is 20.8 Å². The van der Waals surface area contributed by atoms with Gasteiger partial charge in [0.2, 0.25) is 0 Å². The number of hydrogen-bond acceptors (Lipinski definition) is 7. The molecule has 28 heavy (non-hydrogen) atoms. The molecule has 1 aliphatic rings. The predicted octanol–water partition coefficient (Wildman–Crippen LogP) is 3.61. The molecule has 3 aromatic rings. The lowest BCUT2D eigenvalue weighted by Gasteiger charge is -2.08. The number of methoxy groups -OCH3 is 1. The van der Waals surface area contributed by atoms with Crippen LogP contribution in [0, 0.1) is 0 Å². The number of para-hydroxylation sites is 3. The van der Waals surface area contributed by atoms with Crippen LogP contribution in [0.3, 0.4) is 0 Å². The van der Waals surface area contributed by atoms with Crippen molar-refractivity contribution in [3.8, 4) is 11.5 Å². The number of benzene rings is 2. The third-order valence-electron chi connectivity index (χ3n) is 4.09. The maximum atomic E-state index is 12.5. The first kappa shape index (κ1) is 17.7. The fourth-order valence-corrected chi connectivity index (χ4v) is 3.61. The standard InChI is InChI=1S/C20H16N4O3S/c1-27-16-9-5-3-7-14(16)22-20-23-18-13(10-12-6-2-4-8-15(12)25)19(26)24-21-11-17(18)28-20/h2-11,25H,1H3,(H,22,23)(H,24,26)/b13-10-. The molecule has 2 aromatic carbocycles. The Hall–Kier alpha value is -3.65. The smallest absolute Gasteiger partial charge is 0.273 e. The summed E-state index contributed by atoms with van der Waals surface area (Å²) < 4.78 is 5.35. The van der Waals surface area contributed by atoms with Gasteiger partial charge in [-0.25, -0.2) is 10.4 Å². The Labute approximate surface area is 165 Å². The van der Waals surface area contributed by atoms with Gasteiger partial charge in [0, 0.05) is 5.56 Å². The Morgan fingerprint density at radius 1 is 1.18 bits per heavy atom. The van der Waals surface area contributed by atoms with Crippen molar-refractivity contribution >= 4 is 45.9 Å². The van der Waals surface area contributed by atoms with E-state index < -0.39 is 5.91 Å². The fraction of sp³-hybridized carbons (Fsp3) is 0.0500. The Morgan fingerprint density at radius 3 is 2.79 bits per heavy atom. The molecule has 1 amide bonds. The number of fused-ring (bicyclic) bond motifs is 1. The van der Waals surface area contributed by atoms with Crippen LogP contribution in [-0.2, 0) is 4.79 Å². The molecule has 2 heterocycles. The summed E-state index contributed by atoms with van der Waals surface area (Å²) in [5, 5.41) is 17.8. The van der Waals surface area contributed by atoms with Crippen LogP contribution in [0.5, 0.6) is 11.5 Å². The molecular formula is C20H16N4O3S. The van der Waals surface area contributed by atoms with Gasteiger partial charge in [-0.05, 0) is 24.3 Å². The number of thiazole rings is 1. The molecule has 1 aromatic heterocycles. The number of rotatable bonds is 4. The van der Waals surface area contributed by atoms with E-state index in [4.69, 9.17) is 4.74 Å². The molecule has 3 N–H and O–H groups in total. The topological polar surface area (TPSA) is 95.8 Å². The summed E-state index contributed by atoms with van der Waals surface area (Å²) in [5.74, 6) is 0.369. The van der Waals surface area contributed by atoms with Crippen molar-refractivity contribution in [3.05, 3.63) is 64.7 Å². The molecular weight excluding hydrogens is 376 g/mol. The minimum absolute atomic E-state index is 0.0807. The largest absolute Gasteiger partial charge is 0.507 e. The number of nitrogens with one attached hydrogen (secondary N) is 2. The molecule has 0 aliphatic carbocycles. The molecule has 1 aliphatic heterocycles. The molecule has 0 saturated carbocycles. The lowest BCUT2D eigenvalue weighted by Crippen LogP contribution is -2.17. The minimum atomic E-state index is -0.396. The first-order valence-corrected chi connectivity index (χ1v) is 9.21. The quantitative estimate of drug-likeness (QED) is 0.590. The summed E-state index contributed by atoms with van der Waals surface area (Å²) in [6, 6.07) is 14.3. The van der Waals surface area contributed by atoms with Gasteiger partial charge in [0.15, 0.2) is 5.13 Å². The highest BCUT2D eigenvalue weighted by molar-refractivity contribution is 7.17. The number of amides is 1. The summed E-state index contributed by atoms with van der Waals surface area (Å²) in [6.45, 7) is 0. The fourth-order valence-electron chi connectivity index (χ4n) is 2.75. The van der Waals surface area contributed by atoms with E-state index in [0.29, 0.717) is 27.7 Å². The molecule has 0 atom stereocenters. The summed E-state index contributed by atoms with van der Waals surface area (Å²) in [5.41, 5.74) is 4.56. The van der Waals surface area contributed by atoms with Gasteiger partial charge >= 0.3 is 0 Å². The Bertz CT molecular complexity index is 1100. The van der Waals surface area contributed by atoms with Gasteiger partial charge in [0.05, 0.1) is 35.2 Å². The molecule has 4 rings (SSSR count). The monoisotopic (exact) mass is 392 g/mol. The van der Waals surface area contributed by atoms with E-state index in [0.717, 1.165) is 10.6 Å². The second kappa shape index (κ2) is 7.53. The zero-order chi connectivity index (χ0) is 19.5. The van der Waals surface area contributed by atoms with Crippen LogP contribution in [0.4, 0.5) is 10.8 Å². The van der Waals surface area contributed by atoms with Gasteiger partial charge in [-0.3, -0.25) is 4.79 Å². The number of phenolic OH excluding ortho intramolecular Hbond substituents is 1. The molecule has 0 bridgehead atoms. The highest BCUT2D eigenvalue weighted by Gasteiger charge is 2.23. The number of ether oxygens (including phenoxy) is 1. The van der Waals surface area contributed by atoms with E-state index in [1.54, 1.807) is 43.7 Å². The summed E-state index contributed by atoms with van der Waals surface area (Å²) in [7, 11) is 1.60. The average molecular weight is 392 g/mol. The number of aromatic hydroxyl groups is 1. The number of phenols is 1. The lowest BCUT2D eigenvalue weighted by atomic mass is 10.1. The van der Waals surface area contributed by atoms with E-state index in [1.807, 2.05) is 24.3 Å². The average Bonchev–Trinajstić information content (AvgIpc) is 3.03. The molecule has 0 saturated heterocycles. The van der Waals surface area contributed by atoms with Gasteiger partial charge < -0.3 is 15.2 Å². The summed E-state index contributed by atoms with van der Waals surface area (Å²) in [6.07, 6.45) is 3.16. The van der Waals surface area contributed by atoms with Crippen molar-refractivity contribution < 1.29 is 14.6 Å². The molecule has 0 fully saturated rings. The van der Waals surface area contributed by atoms with E-state index >= 15 is 0 Å². The third kappa shape index (κ3) is 3.45. The van der Waals surface area contributed by atoms with Crippen LogP contribution in [0.15, 0.2) is 53.6 Å². The zero-order valence-corrected chi connectivity index (χ0v) is 15.7. The maximum Gasteiger partial charge on any atom is 0.273 e. The maximum absolute atomic E-state index is 12.5. The second-order valence-corrected chi connectivity index (χ2v) is 6.90. The normalized spacial score (nSPS) is 14.3. The van der Waals surface area contributed by atoms with Gasteiger partial charge in [0.25, 0.3) is 5.91 Å². The Balaban J connectivity index is 1.76. The van der Waals surface area contributed by atoms with E-state index in [9.17, 15) is 9.90 Å². The number of carbonyl (C=O) groups is 1. The number of hydrazone groups is 1. The third-order valence-corrected chi connectivity index (χ3v) is 4.99. The molecule has 0 spiro atoms. The van der Waals surface area contributed by atoms with Crippen LogP contribution < -0.4 is 15.5 Å². The molecule has 7 nitrogen and oxygen atoms in total. The van der Waals surface area contributed by atoms with Crippen LogP contribution in [0.25, 0.3) is 11.6 Å². The van der Waals surface area contributed by atoms with Crippen LogP contribution in [0.1, 0.15) is 16.1 Å². The number of anilines is 2. The van der Waals surface area contributed by atoms with Crippen LogP contribution in [-0.4, -0.2) is 29.3 Å². The molecule has 8 heteroatoms. The minimum Gasteiger partial charge on any atom is -0.507 e. The van der Waals surface area contributed by atoms with Crippen molar-refractivity contribution in [1.29, 1.82) is 0 Å². The Morgan fingerprint density at radius 2 is 1.96 bits per heavy atom. The number of aromatic nitrogens is 1. The summed E-state index contributed by atoms with van der Waals surface area (Å²) >= 11 is 1.36. The van der Waals surface area contributed by atoms with Crippen molar-refractivity contribution in [1.82, 2.24) is 10.4 Å². The van der Waals surface area contributed by atoms with E-state index in [1.165, 1.54) is 11.3 Å².